The second-order valence-corrected chi connectivity index (χ2v) is 5.39. The van der Waals surface area contributed by atoms with Gasteiger partial charge in [-0.2, -0.15) is 0 Å². The number of ether oxygens (including phenoxy) is 1. The van der Waals surface area contributed by atoms with Gasteiger partial charge in [0.05, 0.1) is 18.4 Å². The fraction of sp³-hybridized carbons (Fsp3) is 0.238. The van der Waals surface area contributed by atoms with Crippen molar-refractivity contribution in [2.45, 2.75) is 13.8 Å². The molecular formula is C21H20N4O2. The number of pyridine rings is 1. The predicted octanol–water partition coefficient (Wildman–Crippen LogP) is 3.59. The number of terminal acetylenes is 1. The molecule has 0 aliphatic carbocycles. The van der Waals surface area contributed by atoms with Crippen LogP contribution in [0.3, 0.4) is 0 Å². The first kappa shape index (κ1) is 19.7. The van der Waals surface area contributed by atoms with Crippen LogP contribution >= 0.6 is 0 Å². The summed E-state index contributed by atoms with van der Waals surface area (Å²) < 4.78 is 4.80. The SMILES string of the molecule is C#Cc1cccc(C#Cc2cc(N=NN(CC)CC)cc(C(=O)OC)c2)n1. The summed E-state index contributed by atoms with van der Waals surface area (Å²) in [4.78, 5) is 16.2. The maximum Gasteiger partial charge on any atom is 0.337 e. The van der Waals surface area contributed by atoms with Crippen LogP contribution in [0, 0.1) is 24.2 Å². The van der Waals surface area contributed by atoms with Crippen LogP contribution in [0.25, 0.3) is 0 Å². The molecule has 0 aliphatic heterocycles. The molecule has 0 fully saturated rings. The number of rotatable bonds is 5. The fourth-order valence-corrected chi connectivity index (χ4v) is 2.16. The van der Waals surface area contributed by atoms with Gasteiger partial charge < -0.3 is 4.74 Å². The average molecular weight is 360 g/mol. The molecule has 0 saturated carbocycles. The Hall–Kier alpha value is -3.64. The number of hydrogen-bond acceptors (Lipinski definition) is 5. The number of carbonyl (C=O) groups excluding carboxylic acids is 1. The standard InChI is InChI=1S/C21H20N4O2/c1-5-18-9-8-10-19(22-18)12-11-16-13-17(21(26)27-4)15-20(14-16)23-24-25(6-2)7-3/h1,8-10,13-15H,6-7H2,2-4H3. The molecule has 0 radical (unpaired) electrons. The molecule has 6 heteroatoms. The van der Waals surface area contributed by atoms with E-state index in [4.69, 9.17) is 11.2 Å². The molecule has 0 bridgehead atoms. The van der Waals surface area contributed by atoms with E-state index in [9.17, 15) is 4.79 Å². The van der Waals surface area contributed by atoms with Crippen molar-refractivity contribution in [2.75, 3.05) is 20.2 Å². The normalized spacial score (nSPS) is 10.0. The lowest BCUT2D eigenvalue weighted by Gasteiger charge is -2.11. The zero-order valence-electron chi connectivity index (χ0n) is 15.6. The molecule has 27 heavy (non-hydrogen) atoms. The quantitative estimate of drug-likeness (QED) is 0.354. The summed E-state index contributed by atoms with van der Waals surface area (Å²) in [6, 6.07) is 10.3. The molecule has 1 aromatic heterocycles. The summed E-state index contributed by atoms with van der Waals surface area (Å²) in [5, 5.41) is 10.2. The van der Waals surface area contributed by atoms with E-state index in [1.807, 2.05) is 13.8 Å². The van der Waals surface area contributed by atoms with Gasteiger partial charge >= 0.3 is 5.97 Å². The number of esters is 1. The highest BCUT2D eigenvalue weighted by Crippen LogP contribution is 2.19. The van der Waals surface area contributed by atoms with Gasteiger partial charge in [0.2, 0.25) is 0 Å². The second-order valence-electron chi connectivity index (χ2n) is 5.39. The van der Waals surface area contributed by atoms with Crippen LogP contribution in [0.2, 0.25) is 0 Å². The summed E-state index contributed by atoms with van der Waals surface area (Å²) >= 11 is 0. The Morgan fingerprint density at radius 1 is 1.19 bits per heavy atom. The fourth-order valence-electron chi connectivity index (χ4n) is 2.16. The van der Waals surface area contributed by atoms with Crippen molar-refractivity contribution in [1.29, 1.82) is 0 Å². The highest BCUT2D eigenvalue weighted by molar-refractivity contribution is 5.90. The van der Waals surface area contributed by atoms with Crippen molar-refractivity contribution >= 4 is 11.7 Å². The van der Waals surface area contributed by atoms with E-state index in [0.29, 0.717) is 28.2 Å². The van der Waals surface area contributed by atoms with Crippen molar-refractivity contribution in [2.24, 2.45) is 10.3 Å². The van der Waals surface area contributed by atoms with E-state index in [-0.39, 0.29) is 0 Å². The van der Waals surface area contributed by atoms with Crippen molar-refractivity contribution in [3.8, 4) is 24.2 Å². The molecule has 2 aromatic rings. The maximum absolute atomic E-state index is 11.9. The Morgan fingerprint density at radius 2 is 1.93 bits per heavy atom. The summed E-state index contributed by atoms with van der Waals surface area (Å²) in [5.74, 6) is 7.93. The molecule has 0 unspecified atom stereocenters. The van der Waals surface area contributed by atoms with Gasteiger partial charge in [-0.25, -0.2) is 9.78 Å². The summed E-state index contributed by atoms with van der Waals surface area (Å²) in [6.45, 7) is 5.45. The Bertz CT molecular complexity index is 945. The Kier molecular flexibility index (Phi) is 7.10. The predicted molar refractivity (Wildman–Crippen MR) is 103 cm³/mol. The van der Waals surface area contributed by atoms with Gasteiger partial charge in [-0.3, -0.25) is 5.01 Å². The first-order chi connectivity index (χ1) is 13.1. The molecule has 6 nitrogen and oxygen atoms in total. The van der Waals surface area contributed by atoms with Gasteiger partial charge in [0.1, 0.15) is 11.4 Å². The van der Waals surface area contributed by atoms with Crippen LogP contribution in [0.1, 0.15) is 41.2 Å². The first-order valence-corrected chi connectivity index (χ1v) is 8.45. The lowest BCUT2D eigenvalue weighted by Crippen LogP contribution is -2.14. The second kappa shape index (κ2) is 9.74. The smallest absolute Gasteiger partial charge is 0.337 e. The maximum atomic E-state index is 11.9. The first-order valence-electron chi connectivity index (χ1n) is 8.45. The van der Waals surface area contributed by atoms with E-state index in [1.165, 1.54) is 7.11 Å². The van der Waals surface area contributed by atoms with Crippen LogP contribution in [-0.2, 0) is 4.74 Å². The monoisotopic (exact) mass is 360 g/mol. The molecule has 2 rings (SSSR count). The number of hydrogen-bond donors (Lipinski definition) is 0. The number of methoxy groups -OCH3 is 1. The minimum Gasteiger partial charge on any atom is -0.465 e. The largest absolute Gasteiger partial charge is 0.465 e. The van der Waals surface area contributed by atoms with Gasteiger partial charge in [-0.1, -0.05) is 23.1 Å². The zero-order valence-corrected chi connectivity index (χ0v) is 15.6. The lowest BCUT2D eigenvalue weighted by molar-refractivity contribution is 0.0600. The third-order valence-corrected chi connectivity index (χ3v) is 3.59. The van der Waals surface area contributed by atoms with Crippen molar-refractivity contribution in [3.63, 3.8) is 0 Å². The third-order valence-electron chi connectivity index (χ3n) is 3.59. The van der Waals surface area contributed by atoms with Gasteiger partial charge in [-0.05, 0) is 50.1 Å². The Morgan fingerprint density at radius 3 is 2.59 bits per heavy atom. The molecule has 0 amide bonds. The van der Waals surface area contributed by atoms with Gasteiger partial charge in [-0.15, -0.1) is 11.5 Å². The molecule has 1 aromatic carbocycles. The molecule has 0 N–H and O–H groups in total. The van der Waals surface area contributed by atoms with Crippen LogP contribution in [0.15, 0.2) is 46.7 Å². The van der Waals surface area contributed by atoms with E-state index >= 15 is 0 Å². The zero-order chi connectivity index (χ0) is 19.6. The lowest BCUT2D eigenvalue weighted by atomic mass is 10.1. The topological polar surface area (TPSA) is 67.2 Å². The average Bonchev–Trinajstić information content (AvgIpc) is 2.72. The Labute approximate surface area is 159 Å². The van der Waals surface area contributed by atoms with Crippen LogP contribution in [-0.4, -0.2) is 36.2 Å². The molecular weight excluding hydrogens is 340 g/mol. The minimum absolute atomic E-state index is 0.350. The molecule has 1 heterocycles. The Balaban J connectivity index is 2.40. The number of carbonyl (C=O) groups is 1. The van der Waals surface area contributed by atoms with E-state index in [2.05, 4.69) is 33.1 Å². The highest BCUT2D eigenvalue weighted by atomic mass is 16.5. The third kappa shape index (κ3) is 5.69. The number of benzene rings is 1. The molecule has 0 saturated heterocycles. The molecule has 0 spiro atoms. The van der Waals surface area contributed by atoms with Crippen molar-refractivity contribution in [1.82, 2.24) is 9.99 Å². The van der Waals surface area contributed by atoms with E-state index in [1.54, 1.807) is 41.4 Å². The van der Waals surface area contributed by atoms with Gasteiger partial charge in [0.25, 0.3) is 0 Å². The van der Waals surface area contributed by atoms with Crippen LogP contribution in [0.4, 0.5) is 5.69 Å². The van der Waals surface area contributed by atoms with Gasteiger partial charge in [0, 0.05) is 18.7 Å². The summed E-state index contributed by atoms with van der Waals surface area (Å²) in [5.41, 5.74) is 2.51. The minimum atomic E-state index is -0.467. The summed E-state index contributed by atoms with van der Waals surface area (Å²) in [7, 11) is 1.33. The molecule has 0 atom stereocenters. The van der Waals surface area contributed by atoms with Crippen molar-refractivity contribution < 1.29 is 9.53 Å². The van der Waals surface area contributed by atoms with Gasteiger partial charge in [0.15, 0.2) is 0 Å². The van der Waals surface area contributed by atoms with E-state index < -0.39 is 5.97 Å². The van der Waals surface area contributed by atoms with Crippen molar-refractivity contribution in [3.05, 3.63) is 58.9 Å². The van der Waals surface area contributed by atoms with E-state index in [0.717, 1.165) is 13.1 Å². The van der Waals surface area contributed by atoms with Crippen LogP contribution in [0.5, 0.6) is 0 Å². The number of aromatic nitrogens is 1. The van der Waals surface area contributed by atoms with Crippen LogP contribution < -0.4 is 0 Å². The molecule has 0 aliphatic rings. The highest BCUT2D eigenvalue weighted by Gasteiger charge is 2.08. The number of nitrogens with zero attached hydrogens (tertiary/aromatic N) is 4. The summed E-state index contributed by atoms with van der Waals surface area (Å²) in [6.07, 6.45) is 5.36. The molecule has 136 valence electrons.